The van der Waals surface area contributed by atoms with Crippen LogP contribution in [0.4, 0.5) is 5.82 Å². The maximum atomic E-state index is 12.9. The molecule has 6 nitrogen and oxygen atoms in total. The first-order valence-corrected chi connectivity index (χ1v) is 8.59. The summed E-state index contributed by atoms with van der Waals surface area (Å²) in [4.78, 5) is 16.9. The lowest BCUT2D eigenvalue weighted by molar-refractivity contribution is -0.147. The molecule has 23 heavy (non-hydrogen) atoms. The van der Waals surface area contributed by atoms with E-state index in [0.29, 0.717) is 24.8 Å². The Hall–Kier alpha value is -1.40. The average molecular weight is 339 g/mol. The lowest BCUT2D eigenvalue weighted by Gasteiger charge is -2.39. The third kappa shape index (κ3) is 3.93. The Morgan fingerprint density at radius 3 is 2.61 bits per heavy atom. The van der Waals surface area contributed by atoms with Gasteiger partial charge in [-0.3, -0.25) is 4.79 Å². The van der Waals surface area contributed by atoms with Gasteiger partial charge in [-0.2, -0.15) is 0 Å². The highest BCUT2D eigenvalue weighted by Gasteiger charge is 2.33. The summed E-state index contributed by atoms with van der Waals surface area (Å²) in [6, 6.07) is 3.60. The molecule has 0 aliphatic carbocycles. The van der Waals surface area contributed by atoms with Crippen molar-refractivity contribution in [2.24, 2.45) is 5.92 Å². The van der Waals surface area contributed by atoms with Gasteiger partial charge in [0.15, 0.2) is 11.0 Å². The van der Waals surface area contributed by atoms with Crippen molar-refractivity contribution >= 4 is 23.3 Å². The lowest BCUT2D eigenvalue weighted by Crippen LogP contribution is -2.52. The van der Waals surface area contributed by atoms with Crippen molar-refractivity contribution in [2.45, 2.75) is 38.9 Å². The van der Waals surface area contributed by atoms with E-state index in [-0.39, 0.29) is 24.0 Å². The van der Waals surface area contributed by atoms with Crippen LogP contribution in [0.1, 0.15) is 26.7 Å². The molecule has 0 radical (unpaired) electrons. The Morgan fingerprint density at radius 2 is 1.96 bits per heavy atom. The molecule has 1 aromatic rings. The van der Waals surface area contributed by atoms with Crippen molar-refractivity contribution in [1.29, 1.82) is 0 Å². The van der Waals surface area contributed by atoms with Crippen molar-refractivity contribution < 1.29 is 9.53 Å². The number of hydrogen-bond acceptors (Lipinski definition) is 5. The molecular formula is C16H23ClN4O2. The minimum Gasteiger partial charge on any atom is -0.372 e. The lowest BCUT2D eigenvalue weighted by atomic mass is 9.96. The number of halogens is 1. The van der Waals surface area contributed by atoms with Gasteiger partial charge in [-0.05, 0) is 38.8 Å². The van der Waals surface area contributed by atoms with Gasteiger partial charge in [0.2, 0.25) is 5.91 Å². The second kappa shape index (κ2) is 7.01. The molecule has 0 bridgehead atoms. The first-order chi connectivity index (χ1) is 11.0. The number of anilines is 1. The largest absolute Gasteiger partial charge is 0.372 e. The minimum atomic E-state index is 0.0127. The zero-order valence-corrected chi connectivity index (χ0v) is 14.4. The van der Waals surface area contributed by atoms with Gasteiger partial charge in [-0.15, -0.1) is 10.2 Å². The molecule has 0 spiro atoms. The molecule has 126 valence electrons. The number of carbonyl (C=O) groups excluding carboxylic acids is 1. The van der Waals surface area contributed by atoms with Crippen molar-refractivity contribution in [3.8, 4) is 0 Å². The Balaban J connectivity index is 1.65. The molecule has 3 atom stereocenters. The van der Waals surface area contributed by atoms with Gasteiger partial charge >= 0.3 is 0 Å². The normalized spacial score (nSPS) is 28.7. The van der Waals surface area contributed by atoms with Crippen LogP contribution in [0.3, 0.4) is 0 Å². The third-order valence-corrected chi connectivity index (χ3v) is 4.65. The van der Waals surface area contributed by atoms with Gasteiger partial charge in [0.1, 0.15) is 0 Å². The molecule has 2 fully saturated rings. The second-order valence-electron chi connectivity index (χ2n) is 6.50. The van der Waals surface area contributed by atoms with Gasteiger partial charge in [0.25, 0.3) is 0 Å². The topological polar surface area (TPSA) is 58.6 Å². The van der Waals surface area contributed by atoms with Crippen molar-refractivity contribution in [3.05, 3.63) is 17.3 Å². The molecular weight excluding hydrogens is 316 g/mol. The summed E-state index contributed by atoms with van der Waals surface area (Å²) in [6.45, 7) is 6.99. The Labute approximate surface area is 141 Å². The smallest absolute Gasteiger partial charge is 0.227 e. The van der Waals surface area contributed by atoms with Gasteiger partial charge in [0, 0.05) is 26.2 Å². The standard InChI is InChI=1S/C16H23ClN4O2/c1-11-8-21(9-12(2)23-11)16(22)13-4-3-7-20(10-13)15-6-5-14(17)18-19-15/h5-6,11-13H,3-4,7-10H2,1-2H3. The third-order valence-electron chi connectivity index (χ3n) is 4.44. The van der Waals surface area contributed by atoms with Crippen LogP contribution in [-0.4, -0.2) is 59.4 Å². The van der Waals surface area contributed by atoms with Gasteiger partial charge in [0.05, 0.1) is 18.1 Å². The Kier molecular flexibility index (Phi) is 5.02. The maximum Gasteiger partial charge on any atom is 0.227 e. The number of nitrogens with zero attached hydrogens (tertiary/aromatic N) is 4. The summed E-state index contributed by atoms with van der Waals surface area (Å²) >= 11 is 5.79. The monoisotopic (exact) mass is 338 g/mol. The average Bonchev–Trinajstić information content (AvgIpc) is 2.54. The number of ether oxygens (including phenoxy) is 1. The van der Waals surface area contributed by atoms with E-state index in [1.807, 2.05) is 24.8 Å². The fourth-order valence-electron chi connectivity index (χ4n) is 3.48. The number of carbonyl (C=O) groups is 1. The van der Waals surface area contributed by atoms with E-state index < -0.39 is 0 Å². The molecule has 0 saturated carbocycles. The molecule has 3 rings (SSSR count). The van der Waals surface area contributed by atoms with Crippen LogP contribution in [0.2, 0.25) is 5.15 Å². The summed E-state index contributed by atoms with van der Waals surface area (Å²) in [5.74, 6) is 1.04. The van der Waals surface area contributed by atoms with E-state index in [9.17, 15) is 4.79 Å². The summed E-state index contributed by atoms with van der Waals surface area (Å²) in [7, 11) is 0. The fourth-order valence-corrected chi connectivity index (χ4v) is 3.58. The second-order valence-corrected chi connectivity index (χ2v) is 6.89. The molecule has 0 N–H and O–H groups in total. The van der Waals surface area contributed by atoms with Gasteiger partial charge in [-0.1, -0.05) is 11.6 Å². The molecule has 1 amide bonds. The minimum absolute atomic E-state index is 0.0127. The fraction of sp³-hybridized carbons (Fsp3) is 0.688. The predicted octanol–water partition coefficient (Wildman–Crippen LogP) is 1.98. The molecule has 2 saturated heterocycles. The molecule has 0 aromatic carbocycles. The van der Waals surface area contributed by atoms with Crippen LogP contribution in [-0.2, 0) is 9.53 Å². The van der Waals surface area contributed by atoms with Crippen molar-refractivity contribution in [2.75, 3.05) is 31.1 Å². The molecule has 2 aliphatic rings. The van der Waals surface area contributed by atoms with Crippen LogP contribution in [0.25, 0.3) is 0 Å². The summed E-state index contributed by atoms with van der Waals surface area (Å²) in [5, 5.41) is 8.41. The first-order valence-electron chi connectivity index (χ1n) is 8.21. The van der Waals surface area contributed by atoms with E-state index in [2.05, 4.69) is 15.1 Å². The number of amides is 1. The van der Waals surface area contributed by atoms with Crippen molar-refractivity contribution in [1.82, 2.24) is 15.1 Å². The van der Waals surface area contributed by atoms with Crippen LogP contribution < -0.4 is 4.90 Å². The highest BCUT2D eigenvalue weighted by atomic mass is 35.5. The highest BCUT2D eigenvalue weighted by molar-refractivity contribution is 6.29. The van der Waals surface area contributed by atoms with Gasteiger partial charge < -0.3 is 14.5 Å². The molecule has 2 aliphatic heterocycles. The van der Waals surface area contributed by atoms with E-state index in [1.54, 1.807) is 6.07 Å². The number of hydrogen-bond donors (Lipinski definition) is 0. The van der Waals surface area contributed by atoms with Crippen LogP contribution in [0.5, 0.6) is 0 Å². The first kappa shape index (κ1) is 16.5. The van der Waals surface area contributed by atoms with Crippen LogP contribution in [0.15, 0.2) is 12.1 Å². The summed E-state index contributed by atoms with van der Waals surface area (Å²) < 4.78 is 5.72. The van der Waals surface area contributed by atoms with Gasteiger partial charge in [-0.25, -0.2) is 0 Å². The quantitative estimate of drug-likeness (QED) is 0.825. The highest BCUT2D eigenvalue weighted by Crippen LogP contribution is 2.24. The predicted molar refractivity (Wildman–Crippen MR) is 88.6 cm³/mol. The Morgan fingerprint density at radius 1 is 1.22 bits per heavy atom. The zero-order valence-electron chi connectivity index (χ0n) is 13.6. The van der Waals surface area contributed by atoms with E-state index in [1.165, 1.54) is 0 Å². The summed E-state index contributed by atoms with van der Waals surface area (Å²) in [6.07, 6.45) is 2.11. The van der Waals surface area contributed by atoms with Crippen LogP contribution in [0, 0.1) is 5.92 Å². The summed E-state index contributed by atoms with van der Waals surface area (Å²) in [5.41, 5.74) is 0. The van der Waals surface area contributed by atoms with E-state index in [4.69, 9.17) is 16.3 Å². The number of morpholine rings is 1. The number of piperidine rings is 1. The van der Waals surface area contributed by atoms with Crippen molar-refractivity contribution in [3.63, 3.8) is 0 Å². The molecule has 7 heteroatoms. The Bertz CT molecular complexity index is 544. The van der Waals surface area contributed by atoms with E-state index in [0.717, 1.165) is 25.2 Å². The molecule has 3 unspecified atom stereocenters. The van der Waals surface area contributed by atoms with Crippen LogP contribution >= 0.6 is 11.6 Å². The molecule has 1 aromatic heterocycles. The zero-order chi connectivity index (χ0) is 16.4. The SMILES string of the molecule is CC1CN(C(=O)C2CCCN(c3ccc(Cl)nn3)C2)CC(C)O1. The maximum absolute atomic E-state index is 12.9. The van der Waals surface area contributed by atoms with E-state index >= 15 is 0 Å². The number of rotatable bonds is 2. The molecule has 3 heterocycles. The number of aromatic nitrogens is 2.